The van der Waals surface area contributed by atoms with Crippen LogP contribution in [0.4, 0.5) is 0 Å². The number of aryl methyl sites for hydroxylation is 1. The summed E-state index contributed by atoms with van der Waals surface area (Å²) in [4.78, 5) is 13.5. The van der Waals surface area contributed by atoms with Crippen molar-refractivity contribution in [3.8, 4) is 0 Å². The molecule has 104 valence electrons. The molecule has 3 heteroatoms. The molecule has 0 saturated heterocycles. The molecule has 0 aliphatic heterocycles. The van der Waals surface area contributed by atoms with Gasteiger partial charge in [0.25, 0.3) is 0 Å². The lowest BCUT2D eigenvalue weighted by Crippen LogP contribution is -2.37. The molecular weight excluding hydrogens is 238 g/mol. The van der Waals surface area contributed by atoms with Crippen LogP contribution in [0.1, 0.15) is 30.4 Å². The van der Waals surface area contributed by atoms with Crippen molar-refractivity contribution in [3.05, 3.63) is 35.4 Å². The van der Waals surface area contributed by atoms with Crippen molar-refractivity contribution >= 4 is 5.97 Å². The number of methoxy groups -OCH3 is 1. The molecule has 0 heterocycles. The zero-order valence-corrected chi connectivity index (χ0v) is 11.9. The second-order valence-electron chi connectivity index (χ2n) is 5.33. The summed E-state index contributed by atoms with van der Waals surface area (Å²) in [6, 6.07) is 9.33. The second-order valence-corrected chi connectivity index (χ2v) is 5.33. The summed E-state index contributed by atoms with van der Waals surface area (Å²) in [7, 11) is 3.61. The molecule has 1 aliphatic carbocycles. The standard InChI is InChI=1S/C16H23NO2/c1-17(11-5-8-16(18)19-2)15-10-9-13-6-3-4-7-14(13)12-15/h3-4,6-7,15H,5,8-12H2,1-2H3/t15-/m0/s1. The highest BCUT2D eigenvalue weighted by atomic mass is 16.5. The van der Waals surface area contributed by atoms with Gasteiger partial charge in [-0.1, -0.05) is 24.3 Å². The number of ether oxygens (including phenoxy) is 1. The average Bonchev–Trinajstić information content (AvgIpc) is 2.46. The number of likely N-dealkylation sites (N-methyl/N-ethyl adjacent to an activating group) is 1. The monoisotopic (exact) mass is 261 g/mol. The van der Waals surface area contributed by atoms with Gasteiger partial charge in [-0.05, 0) is 50.4 Å². The maximum Gasteiger partial charge on any atom is 0.305 e. The molecule has 1 aromatic rings. The van der Waals surface area contributed by atoms with Crippen LogP contribution in [0, 0.1) is 0 Å². The van der Waals surface area contributed by atoms with Crippen molar-refractivity contribution in [2.45, 2.75) is 38.1 Å². The lowest BCUT2D eigenvalue weighted by Gasteiger charge is -2.32. The van der Waals surface area contributed by atoms with Crippen LogP contribution in [0.25, 0.3) is 0 Å². The molecule has 0 saturated carbocycles. The Morgan fingerprint density at radius 1 is 1.37 bits per heavy atom. The van der Waals surface area contributed by atoms with Crippen molar-refractivity contribution in [1.82, 2.24) is 4.90 Å². The average molecular weight is 261 g/mol. The van der Waals surface area contributed by atoms with Crippen molar-refractivity contribution in [1.29, 1.82) is 0 Å². The Morgan fingerprint density at radius 3 is 2.84 bits per heavy atom. The first-order valence-electron chi connectivity index (χ1n) is 7.04. The number of rotatable bonds is 5. The molecule has 0 amide bonds. The summed E-state index contributed by atoms with van der Waals surface area (Å²) in [5, 5.41) is 0. The normalized spacial score (nSPS) is 18.2. The molecule has 19 heavy (non-hydrogen) atoms. The van der Waals surface area contributed by atoms with E-state index in [-0.39, 0.29) is 5.97 Å². The van der Waals surface area contributed by atoms with Gasteiger partial charge < -0.3 is 9.64 Å². The van der Waals surface area contributed by atoms with Gasteiger partial charge in [0.05, 0.1) is 7.11 Å². The highest BCUT2D eigenvalue weighted by Crippen LogP contribution is 2.23. The van der Waals surface area contributed by atoms with E-state index in [9.17, 15) is 4.79 Å². The predicted octanol–water partition coefficient (Wildman–Crippen LogP) is 2.43. The predicted molar refractivity (Wildman–Crippen MR) is 76.1 cm³/mol. The van der Waals surface area contributed by atoms with E-state index in [0.717, 1.165) is 19.4 Å². The van der Waals surface area contributed by atoms with Gasteiger partial charge in [-0.15, -0.1) is 0 Å². The van der Waals surface area contributed by atoms with E-state index in [2.05, 4.69) is 40.9 Å². The lowest BCUT2D eigenvalue weighted by atomic mass is 9.87. The van der Waals surface area contributed by atoms with Gasteiger partial charge in [0.1, 0.15) is 0 Å². The third kappa shape index (κ3) is 3.80. The number of nitrogens with zero attached hydrogens (tertiary/aromatic N) is 1. The summed E-state index contributed by atoms with van der Waals surface area (Å²) >= 11 is 0. The largest absolute Gasteiger partial charge is 0.469 e. The van der Waals surface area contributed by atoms with Crippen LogP contribution < -0.4 is 0 Å². The number of fused-ring (bicyclic) bond motifs is 1. The van der Waals surface area contributed by atoms with Gasteiger partial charge in [-0.25, -0.2) is 0 Å². The molecule has 0 aromatic heterocycles. The highest BCUT2D eigenvalue weighted by molar-refractivity contribution is 5.69. The van der Waals surface area contributed by atoms with Crippen molar-refractivity contribution < 1.29 is 9.53 Å². The Kier molecular flexibility index (Phi) is 4.97. The van der Waals surface area contributed by atoms with E-state index in [1.54, 1.807) is 0 Å². The minimum atomic E-state index is -0.109. The van der Waals surface area contributed by atoms with Crippen molar-refractivity contribution in [2.24, 2.45) is 0 Å². The summed E-state index contributed by atoms with van der Waals surface area (Å²) in [5.41, 5.74) is 2.99. The number of benzene rings is 1. The van der Waals surface area contributed by atoms with Gasteiger partial charge in [0.2, 0.25) is 0 Å². The van der Waals surface area contributed by atoms with E-state index in [1.165, 1.54) is 31.1 Å². The van der Waals surface area contributed by atoms with Gasteiger partial charge in [-0.3, -0.25) is 4.79 Å². The first-order valence-corrected chi connectivity index (χ1v) is 7.04. The number of esters is 1. The van der Waals surface area contributed by atoms with Crippen LogP contribution in [-0.4, -0.2) is 37.6 Å². The van der Waals surface area contributed by atoms with E-state index >= 15 is 0 Å². The molecule has 0 unspecified atom stereocenters. The van der Waals surface area contributed by atoms with Crippen LogP contribution in [0.3, 0.4) is 0 Å². The quantitative estimate of drug-likeness (QED) is 0.762. The van der Waals surface area contributed by atoms with Crippen LogP contribution in [0.15, 0.2) is 24.3 Å². The summed E-state index contributed by atoms with van der Waals surface area (Å²) in [5.74, 6) is -0.109. The zero-order chi connectivity index (χ0) is 13.7. The fraction of sp³-hybridized carbons (Fsp3) is 0.562. The molecule has 0 spiro atoms. The van der Waals surface area contributed by atoms with Crippen LogP contribution in [0.2, 0.25) is 0 Å². The van der Waals surface area contributed by atoms with Crippen molar-refractivity contribution in [3.63, 3.8) is 0 Å². The Labute approximate surface area is 115 Å². The van der Waals surface area contributed by atoms with E-state index in [0.29, 0.717) is 12.5 Å². The maximum atomic E-state index is 11.1. The smallest absolute Gasteiger partial charge is 0.305 e. The number of hydrogen-bond donors (Lipinski definition) is 0. The van der Waals surface area contributed by atoms with Crippen molar-refractivity contribution in [2.75, 3.05) is 20.7 Å². The van der Waals surface area contributed by atoms with Gasteiger partial charge in [0, 0.05) is 12.5 Å². The second kappa shape index (κ2) is 6.71. The van der Waals surface area contributed by atoms with E-state index in [1.807, 2.05) is 0 Å². The molecule has 1 aliphatic rings. The molecule has 0 radical (unpaired) electrons. The van der Waals surface area contributed by atoms with Crippen LogP contribution >= 0.6 is 0 Å². The van der Waals surface area contributed by atoms with Gasteiger partial charge in [-0.2, -0.15) is 0 Å². The molecule has 2 rings (SSSR count). The Morgan fingerprint density at radius 2 is 2.11 bits per heavy atom. The summed E-state index contributed by atoms with van der Waals surface area (Å²) in [6.07, 6.45) is 4.91. The highest BCUT2D eigenvalue weighted by Gasteiger charge is 2.21. The minimum Gasteiger partial charge on any atom is -0.469 e. The molecule has 0 fully saturated rings. The first-order chi connectivity index (χ1) is 9.20. The number of carbonyl (C=O) groups is 1. The van der Waals surface area contributed by atoms with E-state index in [4.69, 9.17) is 0 Å². The summed E-state index contributed by atoms with van der Waals surface area (Å²) < 4.78 is 4.67. The zero-order valence-electron chi connectivity index (χ0n) is 11.9. The van der Waals surface area contributed by atoms with Gasteiger partial charge >= 0.3 is 5.97 Å². The van der Waals surface area contributed by atoms with Gasteiger partial charge in [0.15, 0.2) is 0 Å². The van der Waals surface area contributed by atoms with Crippen LogP contribution in [0.5, 0.6) is 0 Å². The molecular formula is C16H23NO2. The fourth-order valence-electron chi connectivity index (χ4n) is 2.81. The Hall–Kier alpha value is -1.35. The molecule has 1 aromatic carbocycles. The topological polar surface area (TPSA) is 29.5 Å². The third-order valence-electron chi connectivity index (χ3n) is 4.06. The Bertz CT molecular complexity index is 431. The fourth-order valence-corrected chi connectivity index (χ4v) is 2.81. The van der Waals surface area contributed by atoms with E-state index < -0.39 is 0 Å². The molecule has 0 N–H and O–H groups in total. The number of hydrogen-bond acceptors (Lipinski definition) is 3. The minimum absolute atomic E-state index is 0.109. The van der Waals surface area contributed by atoms with Crippen LogP contribution in [-0.2, 0) is 22.4 Å². The summed E-state index contributed by atoms with van der Waals surface area (Å²) in [6.45, 7) is 0.960. The maximum absolute atomic E-state index is 11.1. The number of carbonyl (C=O) groups excluding carboxylic acids is 1. The molecule has 1 atom stereocenters. The Balaban J connectivity index is 1.82. The first kappa shape index (κ1) is 14.1. The lowest BCUT2D eigenvalue weighted by molar-refractivity contribution is -0.140. The third-order valence-corrected chi connectivity index (χ3v) is 4.06. The molecule has 0 bridgehead atoms. The molecule has 3 nitrogen and oxygen atoms in total. The SMILES string of the molecule is COC(=O)CCCN(C)[C@H]1CCc2ccccc2C1.